The summed E-state index contributed by atoms with van der Waals surface area (Å²) in [5.74, 6) is -1.40. The predicted octanol–water partition coefficient (Wildman–Crippen LogP) is 4.75. The highest BCUT2D eigenvalue weighted by atomic mass is 16.7. The van der Waals surface area contributed by atoms with Crippen molar-refractivity contribution in [2.75, 3.05) is 70.8 Å². The second-order valence-electron chi connectivity index (χ2n) is 19.9. The summed E-state index contributed by atoms with van der Waals surface area (Å²) in [7, 11) is 0. The summed E-state index contributed by atoms with van der Waals surface area (Å²) in [5.41, 5.74) is 1.61. The maximum atomic E-state index is 14.0. The Morgan fingerprint density at radius 3 is 2.33 bits per heavy atom. The summed E-state index contributed by atoms with van der Waals surface area (Å²) in [6.45, 7) is 13.7. The lowest BCUT2D eigenvalue weighted by atomic mass is 9.37. The number of nitrogens with zero attached hydrogens (tertiary/aromatic N) is 5. The fourth-order valence-corrected chi connectivity index (χ4v) is 13.5. The molecule has 5 heterocycles. The minimum absolute atomic E-state index is 0.0293. The van der Waals surface area contributed by atoms with Gasteiger partial charge in [0.25, 0.3) is 11.8 Å². The van der Waals surface area contributed by atoms with Crippen molar-refractivity contribution in [2.24, 2.45) is 34.0 Å². The van der Waals surface area contributed by atoms with Gasteiger partial charge in [-0.3, -0.25) is 19.3 Å². The Labute approximate surface area is 374 Å². The molecule has 4 bridgehead atoms. The second-order valence-corrected chi connectivity index (χ2v) is 19.9. The molecule has 0 radical (unpaired) electrons. The summed E-state index contributed by atoms with van der Waals surface area (Å²) in [5, 5.41) is 33.8. The van der Waals surface area contributed by atoms with Crippen LogP contribution in [0, 0.1) is 34.0 Å². The zero-order chi connectivity index (χ0) is 44.4. The molecule has 7 fully saturated rings. The van der Waals surface area contributed by atoms with Gasteiger partial charge in [0, 0.05) is 70.5 Å². The van der Waals surface area contributed by atoms with Crippen molar-refractivity contribution in [1.29, 1.82) is 0 Å². The van der Waals surface area contributed by atoms with E-state index in [0.29, 0.717) is 82.1 Å². The van der Waals surface area contributed by atoms with Gasteiger partial charge >= 0.3 is 0 Å². The lowest BCUT2D eigenvalue weighted by Crippen LogP contribution is -2.78. The fourth-order valence-electron chi connectivity index (χ4n) is 13.5. The Kier molecular flexibility index (Phi) is 11.8. The molecule has 2 N–H and O–H groups in total. The molecule has 8 aliphatic rings. The number of aliphatic hydroxyl groups excluding tert-OH is 2. The van der Waals surface area contributed by atoms with Crippen molar-refractivity contribution in [3.63, 3.8) is 0 Å². The van der Waals surface area contributed by atoms with Gasteiger partial charge in [0.2, 0.25) is 0 Å². The highest BCUT2D eigenvalue weighted by molar-refractivity contribution is 6.26. The van der Waals surface area contributed by atoms with Crippen molar-refractivity contribution in [3.05, 3.63) is 65.5 Å². The SMILES string of the molecule is C=C1C(=O)[C@]23[C@H](O)[C@H]1C[C@H](O)[C@H]2[C@]12CCCC(C)(C)[C@H]1C[C@H]3O[C@H]2OCCc1cn(CCOCCOCCOCCN2C(=O)c3cccc4c(N5CCCCC5)ccc(c34)C2=O)nn1. The molecule has 11 rings (SSSR count). The molecule has 64 heavy (non-hydrogen) atoms. The van der Waals surface area contributed by atoms with Crippen LogP contribution in [-0.2, 0) is 41.4 Å². The number of rotatable bonds is 17. The first-order valence-electron chi connectivity index (χ1n) is 23.6. The van der Waals surface area contributed by atoms with Crippen molar-refractivity contribution >= 4 is 34.1 Å². The van der Waals surface area contributed by atoms with E-state index in [0.717, 1.165) is 67.3 Å². The summed E-state index contributed by atoms with van der Waals surface area (Å²) in [6.07, 6.45) is 6.88. The zero-order valence-corrected chi connectivity index (χ0v) is 37.3. The Morgan fingerprint density at radius 2 is 1.56 bits per heavy atom. The van der Waals surface area contributed by atoms with Crippen molar-refractivity contribution in [3.8, 4) is 0 Å². The molecule has 9 atom stereocenters. The van der Waals surface area contributed by atoms with Crippen LogP contribution in [0.25, 0.3) is 10.8 Å². The molecule has 4 aliphatic heterocycles. The van der Waals surface area contributed by atoms with Crippen LogP contribution in [0.2, 0.25) is 0 Å². The van der Waals surface area contributed by atoms with Gasteiger partial charge in [-0.25, -0.2) is 4.68 Å². The summed E-state index contributed by atoms with van der Waals surface area (Å²) in [4.78, 5) is 44.7. The standard InChI is InChI=1S/C49H63N5O10/c1-30-35-27-37(55)41-48-15-8-14-47(2,3)38(48)28-39(49(41,42(30)56)43(35)57)64-46(48)63-20-13-31-29-53(51-50-31)18-21-60-23-25-62-26-24-61-22-19-54-44(58)33-10-7-9-32-36(52-16-5-4-6-17-52)12-11-34(40(32)33)45(54)59/h7,9-12,29,35,37-39,41,43,46,55,57H,1,4-6,8,13-28H2,2-3H3/t35-,37-,38+,39+,41-,43+,46+,48-,49+/m0/s1. The summed E-state index contributed by atoms with van der Waals surface area (Å²) in [6, 6.07) is 9.63. The Balaban J connectivity index is 0.636. The first kappa shape index (κ1) is 43.8. The number of hydrogen-bond donors (Lipinski definition) is 2. The maximum absolute atomic E-state index is 14.0. The van der Waals surface area contributed by atoms with Gasteiger partial charge in [-0.2, -0.15) is 0 Å². The van der Waals surface area contributed by atoms with Crippen LogP contribution < -0.4 is 4.90 Å². The number of carbonyl (C=O) groups excluding carboxylic acids is 3. The van der Waals surface area contributed by atoms with Crippen molar-refractivity contribution in [2.45, 2.75) is 103 Å². The van der Waals surface area contributed by atoms with Gasteiger partial charge in [0.05, 0.1) is 88.8 Å². The zero-order valence-electron chi connectivity index (χ0n) is 37.3. The maximum Gasteiger partial charge on any atom is 0.261 e. The Bertz CT molecular complexity index is 2270. The van der Waals surface area contributed by atoms with E-state index < -0.39 is 47.3 Å². The van der Waals surface area contributed by atoms with Crippen LogP contribution in [0.4, 0.5) is 5.69 Å². The summed E-state index contributed by atoms with van der Waals surface area (Å²) < 4.78 is 32.3. The Morgan fingerprint density at radius 1 is 0.844 bits per heavy atom. The normalized spacial score (nSPS) is 32.7. The number of ether oxygens (including phenoxy) is 5. The third kappa shape index (κ3) is 6.98. The number of amides is 2. The van der Waals surface area contributed by atoms with Gasteiger partial charge in [0.15, 0.2) is 12.1 Å². The van der Waals surface area contributed by atoms with E-state index in [4.69, 9.17) is 23.7 Å². The fraction of sp³-hybridized carbons (Fsp3) is 0.653. The minimum Gasteiger partial charge on any atom is -0.393 e. The molecule has 4 aliphatic carbocycles. The van der Waals surface area contributed by atoms with Crippen LogP contribution in [0.5, 0.6) is 0 Å². The average Bonchev–Trinajstić information content (AvgIpc) is 3.79. The number of hydrogen-bond acceptors (Lipinski definition) is 13. The average molecular weight is 882 g/mol. The van der Waals surface area contributed by atoms with E-state index in [-0.39, 0.29) is 42.1 Å². The van der Waals surface area contributed by atoms with Crippen LogP contribution >= 0.6 is 0 Å². The first-order valence-corrected chi connectivity index (χ1v) is 23.6. The smallest absolute Gasteiger partial charge is 0.261 e. The van der Waals surface area contributed by atoms with Gasteiger partial charge in [-0.05, 0) is 80.1 Å². The number of aliphatic hydroxyl groups is 2. The largest absolute Gasteiger partial charge is 0.393 e. The first-order chi connectivity index (χ1) is 31.0. The third-order valence-corrected chi connectivity index (χ3v) is 16.3. The third-order valence-electron chi connectivity index (χ3n) is 16.3. The lowest BCUT2D eigenvalue weighted by molar-refractivity contribution is -0.401. The highest BCUT2D eigenvalue weighted by Gasteiger charge is 2.81. The van der Waals surface area contributed by atoms with Crippen LogP contribution in [-0.4, -0.2) is 138 Å². The number of fused-ring (bicyclic) bond motifs is 2. The van der Waals surface area contributed by atoms with E-state index in [1.54, 1.807) is 4.68 Å². The van der Waals surface area contributed by atoms with Crippen LogP contribution in [0.15, 0.2) is 48.7 Å². The quantitative estimate of drug-likeness (QED) is 0.108. The number of piperidine rings is 1. The second kappa shape index (κ2) is 17.3. The molecule has 1 aromatic heterocycles. The number of ketones is 1. The van der Waals surface area contributed by atoms with Crippen molar-refractivity contribution < 1.29 is 48.3 Å². The lowest BCUT2D eigenvalue weighted by Gasteiger charge is -2.72. The topological polar surface area (TPSA) is 175 Å². The summed E-state index contributed by atoms with van der Waals surface area (Å²) >= 11 is 0. The molecular formula is C49H63N5O10. The van der Waals surface area contributed by atoms with E-state index in [2.05, 4.69) is 35.6 Å². The molecule has 15 nitrogen and oxygen atoms in total. The number of aromatic nitrogens is 3. The van der Waals surface area contributed by atoms with Gasteiger partial charge in [0.1, 0.15) is 0 Å². The van der Waals surface area contributed by atoms with Crippen molar-refractivity contribution in [1.82, 2.24) is 19.9 Å². The number of carbonyl (C=O) groups is 3. The number of imide groups is 1. The minimum atomic E-state index is -1.17. The monoisotopic (exact) mass is 881 g/mol. The predicted molar refractivity (Wildman–Crippen MR) is 235 cm³/mol. The van der Waals surface area contributed by atoms with E-state index >= 15 is 0 Å². The Hall–Kier alpha value is -4.09. The van der Waals surface area contributed by atoms with E-state index in [1.807, 2.05) is 36.5 Å². The molecule has 3 saturated heterocycles. The number of Topliss-reactive ketones (excluding diaryl/α,β-unsaturated/α-hetero) is 1. The van der Waals surface area contributed by atoms with Gasteiger partial charge in [-0.1, -0.05) is 44.2 Å². The molecule has 3 aromatic rings. The highest BCUT2D eigenvalue weighted by Crippen LogP contribution is 2.75. The van der Waals surface area contributed by atoms with Crippen LogP contribution in [0.1, 0.15) is 91.6 Å². The number of benzene rings is 2. The van der Waals surface area contributed by atoms with Gasteiger partial charge in [-0.15, -0.1) is 5.10 Å². The molecule has 2 aromatic carbocycles. The molecule has 2 amide bonds. The van der Waals surface area contributed by atoms with E-state index in [1.165, 1.54) is 11.3 Å². The molecule has 15 heteroatoms. The number of anilines is 1. The van der Waals surface area contributed by atoms with Crippen LogP contribution in [0.3, 0.4) is 0 Å². The molecule has 2 spiro atoms. The molecular weight excluding hydrogens is 819 g/mol. The van der Waals surface area contributed by atoms with Gasteiger partial charge < -0.3 is 38.8 Å². The van der Waals surface area contributed by atoms with E-state index in [9.17, 15) is 24.6 Å². The molecule has 4 saturated carbocycles. The molecule has 344 valence electrons. The molecule has 0 unspecified atom stereocenters.